The second-order valence-electron chi connectivity index (χ2n) is 4.37. The number of furan rings is 1. The van der Waals surface area contributed by atoms with Gasteiger partial charge in [0.1, 0.15) is 5.76 Å². The summed E-state index contributed by atoms with van der Waals surface area (Å²) in [7, 11) is 1.60. The topological polar surface area (TPSA) is 82.8 Å². The molecule has 21 heavy (non-hydrogen) atoms. The van der Waals surface area contributed by atoms with Crippen LogP contribution in [-0.2, 0) is 6.54 Å². The SMILES string of the molecule is CN(Cc1ccco1)C(=O)Nc1ccc(Cl)c(C(=O)O)c1. The molecule has 2 amide bonds. The minimum atomic E-state index is -1.15. The van der Waals surface area contributed by atoms with Gasteiger partial charge in [0.2, 0.25) is 0 Å². The van der Waals surface area contributed by atoms with Crippen molar-refractivity contribution in [3.05, 3.63) is 52.9 Å². The van der Waals surface area contributed by atoms with Crippen LogP contribution in [0, 0.1) is 0 Å². The Kier molecular flexibility index (Phi) is 4.49. The van der Waals surface area contributed by atoms with E-state index in [4.69, 9.17) is 21.1 Å². The van der Waals surface area contributed by atoms with Gasteiger partial charge in [0.15, 0.2) is 0 Å². The molecule has 1 aromatic heterocycles. The molecule has 2 N–H and O–H groups in total. The fourth-order valence-electron chi connectivity index (χ4n) is 1.69. The summed E-state index contributed by atoms with van der Waals surface area (Å²) in [6.07, 6.45) is 1.53. The molecule has 0 aliphatic carbocycles. The van der Waals surface area contributed by atoms with Crippen molar-refractivity contribution in [3.63, 3.8) is 0 Å². The average molecular weight is 309 g/mol. The molecule has 0 fully saturated rings. The highest BCUT2D eigenvalue weighted by atomic mass is 35.5. The van der Waals surface area contributed by atoms with E-state index in [2.05, 4.69) is 5.32 Å². The Morgan fingerprint density at radius 2 is 2.14 bits per heavy atom. The number of nitrogens with one attached hydrogen (secondary N) is 1. The molecule has 0 aliphatic heterocycles. The molecule has 6 nitrogen and oxygen atoms in total. The zero-order valence-electron chi connectivity index (χ0n) is 11.2. The summed E-state index contributed by atoms with van der Waals surface area (Å²) in [5.41, 5.74) is 0.288. The minimum absolute atomic E-state index is 0.0665. The van der Waals surface area contributed by atoms with Crippen LogP contribution in [0.5, 0.6) is 0 Å². The van der Waals surface area contributed by atoms with E-state index in [1.165, 1.54) is 29.4 Å². The molecule has 0 saturated heterocycles. The number of hydrogen-bond donors (Lipinski definition) is 2. The van der Waals surface area contributed by atoms with Gasteiger partial charge in [-0.3, -0.25) is 0 Å². The Labute approximate surface area is 125 Å². The standard InChI is InChI=1S/C14H13ClN2O4/c1-17(8-10-3-2-6-21-10)14(20)16-9-4-5-12(15)11(7-9)13(18)19/h2-7H,8H2,1H3,(H,16,20)(H,18,19). The molecule has 2 aromatic rings. The van der Waals surface area contributed by atoms with Gasteiger partial charge >= 0.3 is 12.0 Å². The van der Waals surface area contributed by atoms with Crippen LogP contribution in [-0.4, -0.2) is 29.1 Å². The van der Waals surface area contributed by atoms with E-state index in [-0.39, 0.29) is 16.6 Å². The third-order valence-electron chi connectivity index (χ3n) is 2.77. The van der Waals surface area contributed by atoms with Gasteiger partial charge in [-0.15, -0.1) is 0 Å². The van der Waals surface area contributed by atoms with Crippen molar-refractivity contribution in [2.45, 2.75) is 6.54 Å². The molecule has 0 unspecified atom stereocenters. The Balaban J connectivity index is 2.05. The van der Waals surface area contributed by atoms with Gasteiger partial charge < -0.3 is 19.7 Å². The van der Waals surface area contributed by atoms with Crippen LogP contribution in [0.25, 0.3) is 0 Å². The van der Waals surface area contributed by atoms with Crippen LogP contribution >= 0.6 is 11.6 Å². The van der Waals surface area contributed by atoms with Crippen molar-refractivity contribution in [2.24, 2.45) is 0 Å². The molecule has 0 atom stereocenters. The van der Waals surface area contributed by atoms with Gasteiger partial charge in [0.25, 0.3) is 0 Å². The molecular formula is C14H13ClN2O4. The van der Waals surface area contributed by atoms with Crippen molar-refractivity contribution in [2.75, 3.05) is 12.4 Å². The lowest BCUT2D eigenvalue weighted by molar-refractivity contribution is 0.0697. The third-order valence-corrected chi connectivity index (χ3v) is 3.10. The van der Waals surface area contributed by atoms with E-state index in [1.54, 1.807) is 19.2 Å². The van der Waals surface area contributed by atoms with E-state index >= 15 is 0 Å². The van der Waals surface area contributed by atoms with Crippen LogP contribution in [0.3, 0.4) is 0 Å². The van der Waals surface area contributed by atoms with Crippen molar-refractivity contribution in [1.82, 2.24) is 4.90 Å². The second-order valence-corrected chi connectivity index (χ2v) is 4.77. The largest absolute Gasteiger partial charge is 0.478 e. The first-order chi connectivity index (χ1) is 9.97. The summed E-state index contributed by atoms with van der Waals surface area (Å²) in [6, 6.07) is 7.38. The van der Waals surface area contributed by atoms with Crippen LogP contribution in [0.15, 0.2) is 41.0 Å². The number of aromatic carboxylic acids is 1. The smallest absolute Gasteiger partial charge is 0.337 e. The number of carboxylic acid groups (broad SMARTS) is 1. The van der Waals surface area contributed by atoms with Crippen LogP contribution < -0.4 is 5.32 Å². The number of carboxylic acids is 1. The third kappa shape index (κ3) is 3.76. The van der Waals surface area contributed by atoms with Crippen LogP contribution in [0.1, 0.15) is 16.1 Å². The van der Waals surface area contributed by atoms with Gasteiger partial charge in [-0.05, 0) is 30.3 Å². The van der Waals surface area contributed by atoms with Gasteiger partial charge in [0.05, 0.1) is 23.4 Å². The Morgan fingerprint density at radius 3 is 2.76 bits per heavy atom. The predicted molar refractivity (Wildman–Crippen MR) is 77.6 cm³/mol. The number of amides is 2. The average Bonchev–Trinajstić information content (AvgIpc) is 2.93. The van der Waals surface area contributed by atoms with Crippen LogP contribution in [0.2, 0.25) is 5.02 Å². The number of nitrogens with zero attached hydrogens (tertiary/aromatic N) is 1. The van der Waals surface area contributed by atoms with Crippen molar-refractivity contribution < 1.29 is 19.1 Å². The fraction of sp³-hybridized carbons (Fsp3) is 0.143. The van der Waals surface area contributed by atoms with E-state index in [1.807, 2.05) is 0 Å². The Hall–Kier alpha value is -2.47. The summed E-state index contributed by atoms with van der Waals surface area (Å²) >= 11 is 5.77. The number of anilines is 1. The molecule has 1 heterocycles. The minimum Gasteiger partial charge on any atom is -0.478 e. The van der Waals surface area contributed by atoms with Gasteiger partial charge in [-0.1, -0.05) is 11.6 Å². The number of urea groups is 1. The number of hydrogen-bond acceptors (Lipinski definition) is 3. The highest BCUT2D eigenvalue weighted by Crippen LogP contribution is 2.21. The Morgan fingerprint density at radius 1 is 1.38 bits per heavy atom. The lowest BCUT2D eigenvalue weighted by atomic mass is 10.2. The van der Waals surface area contributed by atoms with Gasteiger partial charge in [-0.25, -0.2) is 9.59 Å². The predicted octanol–water partition coefficient (Wildman–Crippen LogP) is 3.30. The lowest BCUT2D eigenvalue weighted by Crippen LogP contribution is -2.30. The number of carbonyl (C=O) groups excluding carboxylic acids is 1. The number of benzene rings is 1. The Bertz CT molecular complexity index is 655. The molecule has 0 bridgehead atoms. The molecule has 110 valence electrons. The van der Waals surface area contributed by atoms with Gasteiger partial charge in [0, 0.05) is 12.7 Å². The molecule has 2 rings (SSSR count). The lowest BCUT2D eigenvalue weighted by Gasteiger charge is -2.17. The maximum Gasteiger partial charge on any atom is 0.337 e. The molecule has 7 heteroatoms. The zero-order valence-corrected chi connectivity index (χ0v) is 11.9. The molecule has 0 aliphatic rings. The summed E-state index contributed by atoms with van der Waals surface area (Å²) in [5.74, 6) is -0.505. The van der Waals surface area contributed by atoms with Gasteiger partial charge in [-0.2, -0.15) is 0 Å². The summed E-state index contributed by atoms with van der Waals surface area (Å²) in [6.45, 7) is 0.304. The highest BCUT2D eigenvalue weighted by Gasteiger charge is 2.13. The van der Waals surface area contributed by atoms with Crippen molar-refractivity contribution in [3.8, 4) is 0 Å². The molecular weight excluding hydrogens is 296 g/mol. The first-order valence-electron chi connectivity index (χ1n) is 6.04. The first-order valence-corrected chi connectivity index (χ1v) is 6.42. The summed E-state index contributed by atoms with van der Waals surface area (Å²) < 4.78 is 5.15. The molecule has 0 radical (unpaired) electrons. The van der Waals surface area contributed by atoms with E-state index < -0.39 is 5.97 Å². The van der Waals surface area contributed by atoms with Crippen LogP contribution in [0.4, 0.5) is 10.5 Å². The van der Waals surface area contributed by atoms with E-state index in [9.17, 15) is 9.59 Å². The van der Waals surface area contributed by atoms with Crippen molar-refractivity contribution in [1.29, 1.82) is 0 Å². The fourth-order valence-corrected chi connectivity index (χ4v) is 1.89. The maximum atomic E-state index is 12.0. The van der Waals surface area contributed by atoms with E-state index in [0.29, 0.717) is 18.0 Å². The number of halogens is 1. The highest BCUT2D eigenvalue weighted by molar-refractivity contribution is 6.33. The molecule has 0 saturated carbocycles. The molecule has 1 aromatic carbocycles. The maximum absolute atomic E-state index is 12.0. The quantitative estimate of drug-likeness (QED) is 0.908. The monoisotopic (exact) mass is 308 g/mol. The van der Waals surface area contributed by atoms with E-state index in [0.717, 1.165) is 0 Å². The van der Waals surface area contributed by atoms with Crippen molar-refractivity contribution >= 4 is 29.3 Å². The zero-order chi connectivity index (χ0) is 15.4. The number of carbonyl (C=O) groups is 2. The first kappa shape index (κ1) is 14.9. The molecule has 0 spiro atoms. The summed E-state index contributed by atoms with van der Waals surface area (Å²) in [4.78, 5) is 24.4. The number of rotatable bonds is 4. The summed E-state index contributed by atoms with van der Waals surface area (Å²) in [5, 5.41) is 11.7. The second kappa shape index (κ2) is 6.32. The normalized spacial score (nSPS) is 10.2.